The number of hydrogen-bond donors (Lipinski definition) is 1. The highest BCUT2D eigenvalue weighted by Crippen LogP contribution is 2.29. The smallest absolute Gasteiger partial charge is 0.134 e. The molecule has 2 N–H and O–H groups in total. The van der Waals surface area contributed by atoms with Gasteiger partial charge in [-0.15, -0.1) is 0 Å². The van der Waals surface area contributed by atoms with Crippen molar-refractivity contribution in [1.82, 2.24) is 0 Å². The summed E-state index contributed by atoms with van der Waals surface area (Å²) in [7, 11) is 0. The van der Waals surface area contributed by atoms with E-state index in [0.29, 0.717) is 12.6 Å². The molecule has 0 spiro atoms. The lowest BCUT2D eigenvalue weighted by atomic mass is 9.89. The van der Waals surface area contributed by atoms with Crippen molar-refractivity contribution >= 4 is 0 Å². The van der Waals surface area contributed by atoms with Gasteiger partial charge in [0.15, 0.2) is 0 Å². The Morgan fingerprint density at radius 2 is 2.06 bits per heavy atom. The van der Waals surface area contributed by atoms with E-state index < -0.39 is 0 Å². The molecule has 1 aliphatic carbocycles. The van der Waals surface area contributed by atoms with Gasteiger partial charge in [-0.3, -0.25) is 0 Å². The molecule has 1 fully saturated rings. The van der Waals surface area contributed by atoms with E-state index in [4.69, 9.17) is 14.9 Å². The Morgan fingerprint density at radius 1 is 1.35 bits per heavy atom. The summed E-state index contributed by atoms with van der Waals surface area (Å²) in [6.45, 7) is 4.74. The molecule has 0 amide bonds. The zero-order chi connectivity index (χ0) is 12.3. The number of nitrogens with two attached hydrogens (primary N) is 1. The van der Waals surface area contributed by atoms with Gasteiger partial charge in [-0.2, -0.15) is 0 Å². The third-order valence-corrected chi connectivity index (χ3v) is 3.61. The zero-order valence-electron chi connectivity index (χ0n) is 10.8. The lowest BCUT2D eigenvalue weighted by Crippen LogP contribution is -2.26. The quantitative estimate of drug-likeness (QED) is 0.875. The summed E-state index contributed by atoms with van der Waals surface area (Å²) >= 11 is 0. The second-order valence-electron chi connectivity index (χ2n) is 5.19. The van der Waals surface area contributed by atoms with Crippen LogP contribution in [0.1, 0.15) is 50.2 Å². The van der Waals surface area contributed by atoms with Gasteiger partial charge in [-0.25, -0.2) is 0 Å². The maximum absolute atomic E-state index is 6.07. The van der Waals surface area contributed by atoms with Crippen LogP contribution in [0.3, 0.4) is 0 Å². The minimum atomic E-state index is -0.0814. The van der Waals surface area contributed by atoms with Crippen LogP contribution in [0, 0.1) is 12.8 Å². The number of ether oxygens (including phenoxy) is 1. The van der Waals surface area contributed by atoms with E-state index >= 15 is 0 Å². The molecule has 1 atom stereocenters. The first-order valence-electron chi connectivity index (χ1n) is 6.61. The van der Waals surface area contributed by atoms with Gasteiger partial charge >= 0.3 is 0 Å². The fraction of sp³-hybridized carbons (Fsp3) is 0.714. The first-order chi connectivity index (χ1) is 8.19. The third-order valence-electron chi connectivity index (χ3n) is 3.61. The van der Waals surface area contributed by atoms with Gasteiger partial charge in [0.05, 0.1) is 6.10 Å². The molecule has 0 aliphatic heterocycles. The molecule has 96 valence electrons. The Hall–Kier alpha value is -0.800. The zero-order valence-corrected chi connectivity index (χ0v) is 10.8. The van der Waals surface area contributed by atoms with Crippen molar-refractivity contribution in [2.75, 3.05) is 6.54 Å². The molecule has 1 aliphatic rings. The van der Waals surface area contributed by atoms with Gasteiger partial charge in [-0.1, -0.05) is 6.92 Å². The molecule has 0 aromatic carbocycles. The summed E-state index contributed by atoms with van der Waals surface area (Å²) in [6.07, 6.45) is 5.10. The van der Waals surface area contributed by atoms with Gasteiger partial charge in [0.2, 0.25) is 0 Å². The topological polar surface area (TPSA) is 48.4 Å². The van der Waals surface area contributed by atoms with Crippen molar-refractivity contribution in [3.05, 3.63) is 23.7 Å². The molecule has 1 saturated carbocycles. The molecule has 2 rings (SSSR count). The first-order valence-corrected chi connectivity index (χ1v) is 6.61. The highest BCUT2D eigenvalue weighted by Gasteiger charge is 2.23. The van der Waals surface area contributed by atoms with E-state index in [1.54, 1.807) is 0 Å². The largest absolute Gasteiger partial charge is 0.464 e. The van der Waals surface area contributed by atoms with Crippen molar-refractivity contribution in [3.8, 4) is 0 Å². The van der Waals surface area contributed by atoms with Crippen LogP contribution in [-0.4, -0.2) is 12.6 Å². The fourth-order valence-electron chi connectivity index (χ4n) is 2.46. The lowest BCUT2D eigenvalue weighted by Gasteiger charge is -2.29. The van der Waals surface area contributed by atoms with Crippen molar-refractivity contribution < 1.29 is 9.15 Å². The van der Waals surface area contributed by atoms with Crippen LogP contribution in [0.25, 0.3) is 0 Å². The average Bonchev–Trinajstić information content (AvgIpc) is 2.75. The van der Waals surface area contributed by atoms with Crippen LogP contribution in [-0.2, 0) is 4.74 Å². The third kappa shape index (κ3) is 3.33. The first kappa shape index (κ1) is 12.7. The Morgan fingerprint density at radius 3 is 2.59 bits per heavy atom. The predicted molar refractivity (Wildman–Crippen MR) is 67.7 cm³/mol. The van der Waals surface area contributed by atoms with Crippen molar-refractivity contribution in [3.63, 3.8) is 0 Å². The molecular formula is C14H23NO2. The van der Waals surface area contributed by atoms with Gasteiger partial charge in [0.1, 0.15) is 17.6 Å². The standard InChI is InChI=1S/C14H23NO2/c1-10-3-6-12(7-4-10)17-14(9-15)13-8-5-11(2)16-13/h5,8,10,12,14H,3-4,6-7,9,15H2,1-2H3. The maximum Gasteiger partial charge on any atom is 0.134 e. The molecule has 0 saturated heterocycles. The van der Waals surface area contributed by atoms with E-state index in [0.717, 1.165) is 30.3 Å². The van der Waals surface area contributed by atoms with E-state index in [-0.39, 0.29) is 6.10 Å². The minimum absolute atomic E-state index is 0.0814. The Labute approximate surface area is 103 Å². The van der Waals surface area contributed by atoms with Crippen molar-refractivity contribution in [1.29, 1.82) is 0 Å². The van der Waals surface area contributed by atoms with Gasteiger partial charge in [0, 0.05) is 6.54 Å². The highest BCUT2D eigenvalue weighted by atomic mass is 16.5. The summed E-state index contributed by atoms with van der Waals surface area (Å²) in [5.74, 6) is 2.62. The summed E-state index contributed by atoms with van der Waals surface area (Å²) in [4.78, 5) is 0. The molecule has 1 heterocycles. The van der Waals surface area contributed by atoms with Crippen LogP contribution in [0.5, 0.6) is 0 Å². The molecule has 0 bridgehead atoms. The Balaban J connectivity index is 1.91. The average molecular weight is 237 g/mol. The van der Waals surface area contributed by atoms with Crippen LogP contribution in [0.4, 0.5) is 0 Å². The molecule has 3 heteroatoms. The minimum Gasteiger partial charge on any atom is -0.464 e. The number of hydrogen-bond acceptors (Lipinski definition) is 3. The SMILES string of the molecule is Cc1ccc(C(CN)OC2CCC(C)CC2)o1. The lowest BCUT2D eigenvalue weighted by molar-refractivity contribution is -0.0417. The van der Waals surface area contributed by atoms with Crippen LogP contribution in [0.15, 0.2) is 16.5 Å². The van der Waals surface area contributed by atoms with Crippen molar-refractivity contribution in [2.45, 2.75) is 51.7 Å². The number of rotatable bonds is 4. The molecule has 0 radical (unpaired) electrons. The van der Waals surface area contributed by atoms with Crippen LogP contribution < -0.4 is 5.73 Å². The Bertz CT molecular complexity index is 340. The van der Waals surface area contributed by atoms with E-state index in [1.165, 1.54) is 12.8 Å². The fourth-order valence-corrected chi connectivity index (χ4v) is 2.46. The molecular weight excluding hydrogens is 214 g/mol. The maximum atomic E-state index is 6.07. The summed E-state index contributed by atoms with van der Waals surface area (Å²) < 4.78 is 11.7. The monoisotopic (exact) mass is 237 g/mol. The summed E-state index contributed by atoms with van der Waals surface area (Å²) in [5.41, 5.74) is 5.77. The molecule has 1 aromatic heterocycles. The van der Waals surface area contributed by atoms with E-state index in [9.17, 15) is 0 Å². The second-order valence-corrected chi connectivity index (χ2v) is 5.19. The number of furan rings is 1. The summed E-state index contributed by atoms with van der Waals surface area (Å²) in [5, 5.41) is 0. The van der Waals surface area contributed by atoms with Gasteiger partial charge in [0.25, 0.3) is 0 Å². The number of aryl methyl sites for hydroxylation is 1. The van der Waals surface area contributed by atoms with Crippen LogP contribution >= 0.6 is 0 Å². The van der Waals surface area contributed by atoms with Gasteiger partial charge in [-0.05, 0) is 50.7 Å². The predicted octanol–water partition coefficient (Wildman–Crippen LogP) is 3.18. The van der Waals surface area contributed by atoms with E-state index in [1.807, 2.05) is 19.1 Å². The molecule has 1 aromatic rings. The highest BCUT2D eigenvalue weighted by molar-refractivity contribution is 5.08. The van der Waals surface area contributed by atoms with Crippen LogP contribution in [0.2, 0.25) is 0 Å². The molecule has 17 heavy (non-hydrogen) atoms. The molecule has 1 unspecified atom stereocenters. The Kier molecular flexibility index (Phi) is 4.24. The molecule has 3 nitrogen and oxygen atoms in total. The second kappa shape index (κ2) is 5.69. The normalized spacial score (nSPS) is 27.0. The van der Waals surface area contributed by atoms with E-state index in [2.05, 4.69) is 6.92 Å². The summed E-state index contributed by atoms with van der Waals surface area (Å²) in [6, 6.07) is 3.93. The van der Waals surface area contributed by atoms with Gasteiger partial charge < -0.3 is 14.9 Å². The van der Waals surface area contributed by atoms with Crippen molar-refractivity contribution in [2.24, 2.45) is 11.7 Å².